The molecule has 1 saturated heterocycles. The summed E-state index contributed by atoms with van der Waals surface area (Å²) in [5, 5.41) is 11.1. The predicted octanol–water partition coefficient (Wildman–Crippen LogP) is 1.89. The Bertz CT molecular complexity index is 765. The second kappa shape index (κ2) is 9.12. The molecular formula is C22H30O8. The van der Waals surface area contributed by atoms with Crippen LogP contribution in [0.5, 0.6) is 0 Å². The minimum Gasteiger partial charge on any atom is -0.458 e. The minimum absolute atomic E-state index is 0.0408. The van der Waals surface area contributed by atoms with E-state index in [1.165, 1.54) is 13.0 Å². The van der Waals surface area contributed by atoms with Gasteiger partial charge < -0.3 is 19.3 Å². The molecule has 7 atom stereocenters. The fraction of sp³-hybridized carbons (Fsp3) is 0.636. The summed E-state index contributed by atoms with van der Waals surface area (Å²) in [6.07, 6.45) is 0.0139. The third-order valence-corrected chi connectivity index (χ3v) is 5.77. The number of esters is 3. The van der Waals surface area contributed by atoms with Crippen LogP contribution < -0.4 is 0 Å². The van der Waals surface area contributed by atoms with Gasteiger partial charge in [-0.3, -0.25) is 14.4 Å². The number of carbonyl (C=O) groups excluding carboxylic acids is 4. The van der Waals surface area contributed by atoms with Crippen molar-refractivity contribution in [2.24, 2.45) is 17.8 Å². The highest BCUT2D eigenvalue weighted by atomic mass is 16.6. The number of carbonyl (C=O) groups is 4. The van der Waals surface area contributed by atoms with Gasteiger partial charge in [0, 0.05) is 12.5 Å². The first-order valence-electron chi connectivity index (χ1n) is 10.1. The zero-order valence-corrected chi connectivity index (χ0v) is 18.0. The SMILES string of the molecule is C=C1C(=O)O[C@@H]2C[C@@H](C)/C=C\C(=O)[C@](C)(O)[C@H](OC(C)=O)[C@@H](OC(=O)[C@@H](C)CC)[C@H]12. The fourth-order valence-electron chi connectivity index (χ4n) is 3.68. The van der Waals surface area contributed by atoms with E-state index in [9.17, 15) is 24.3 Å². The predicted molar refractivity (Wildman–Crippen MR) is 106 cm³/mol. The summed E-state index contributed by atoms with van der Waals surface area (Å²) in [6.45, 7) is 11.4. The van der Waals surface area contributed by atoms with E-state index in [-0.39, 0.29) is 11.5 Å². The monoisotopic (exact) mass is 422 g/mol. The Labute approximate surface area is 176 Å². The van der Waals surface area contributed by atoms with Crippen molar-refractivity contribution < 1.29 is 38.5 Å². The van der Waals surface area contributed by atoms with Crippen LogP contribution in [0.15, 0.2) is 24.3 Å². The van der Waals surface area contributed by atoms with E-state index in [1.807, 2.05) is 6.92 Å². The number of rotatable bonds is 4. The maximum absolute atomic E-state index is 12.8. The highest BCUT2D eigenvalue weighted by molar-refractivity contribution is 5.97. The highest BCUT2D eigenvalue weighted by Crippen LogP contribution is 2.40. The Hall–Kier alpha value is -2.48. The average Bonchev–Trinajstić information content (AvgIpc) is 2.94. The van der Waals surface area contributed by atoms with E-state index in [1.54, 1.807) is 19.9 Å². The fourth-order valence-corrected chi connectivity index (χ4v) is 3.68. The first kappa shape index (κ1) is 23.8. The van der Waals surface area contributed by atoms with Crippen LogP contribution in [-0.2, 0) is 33.4 Å². The molecule has 1 N–H and O–H groups in total. The Morgan fingerprint density at radius 2 is 2.00 bits per heavy atom. The zero-order valence-electron chi connectivity index (χ0n) is 18.0. The molecule has 1 heterocycles. The number of ketones is 1. The lowest BCUT2D eigenvalue weighted by Crippen LogP contribution is -2.58. The number of hydrogen-bond donors (Lipinski definition) is 1. The van der Waals surface area contributed by atoms with Gasteiger partial charge in [0.05, 0.1) is 11.8 Å². The molecule has 0 amide bonds. The van der Waals surface area contributed by atoms with Gasteiger partial charge in [-0.25, -0.2) is 4.79 Å². The van der Waals surface area contributed by atoms with Crippen LogP contribution in [0, 0.1) is 17.8 Å². The summed E-state index contributed by atoms with van der Waals surface area (Å²) in [4.78, 5) is 49.6. The van der Waals surface area contributed by atoms with Crippen LogP contribution in [0.1, 0.15) is 47.5 Å². The maximum atomic E-state index is 12.8. The molecule has 8 nitrogen and oxygen atoms in total. The van der Waals surface area contributed by atoms with Gasteiger partial charge in [-0.1, -0.05) is 33.4 Å². The van der Waals surface area contributed by atoms with Crippen molar-refractivity contribution in [3.63, 3.8) is 0 Å². The Balaban J connectivity index is 2.65. The summed E-state index contributed by atoms with van der Waals surface area (Å²) in [7, 11) is 0. The molecule has 1 aliphatic heterocycles. The summed E-state index contributed by atoms with van der Waals surface area (Å²) in [5.41, 5.74) is -2.17. The van der Waals surface area contributed by atoms with Gasteiger partial charge in [-0.2, -0.15) is 0 Å². The number of ether oxygens (including phenoxy) is 3. The van der Waals surface area contributed by atoms with E-state index < -0.39 is 59.4 Å². The standard InChI is InChI=1S/C22H30O8/c1-7-12(3)20(25)30-18-17-13(4)21(26)29-15(17)10-11(2)8-9-16(24)22(6,27)19(18)28-14(5)23/h8-9,11-12,15,17-19,27H,4,7,10H2,1-3,5-6H3/b9-8-/t11-,12-,15+,17+,18-,19+,22-/m0/s1. The second-order valence-electron chi connectivity index (χ2n) is 8.32. The van der Waals surface area contributed by atoms with Crippen LogP contribution in [0.4, 0.5) is 0 Å². The van der Waals surface area contributed by atoms with E-state index in [2.05, 4.69) is 6.58 Å². The minimum atomic E-state index is -2.21. The van der Waals surface area contributed by atoms with Gasteiger partial charge in [0.15, 0.2) is 23.6 Å². The van der Waals surface area contributed by atoms with Gasteiger partial charge in [-0.15, -0.1) is 0 Å². The van der Waals surface area contributed by atoms with Gasteiger partial charge in [0.2, 0.25) is 0 Å². The smallest absolute Gasteiger partial charge is 0.334 e. The molecule has 166 valence electrons. The lowest BCUT2D eigenvalue weighted by atomic mass is 9.77. The quantitative estimate of drug-likeness (QED) is 0.415. The van der Waals surface area contributed by atoms with Crippen LogP contribution in [0.2, 0.25) is 0 Å². The molecule has 0 unspecified atom stereocenters. The number of hydrogen-bond acceptors (Lipinski definition) is 8. The van der Waals surface area contributed by atoms with Crippen molar-refractivity contribution in [3.05, 3.63) is 24.3 Å². The normalized spacial score (nSPS) is 36.3. The van der Waals surface area contributed by atoms with E-state index in [0.717, 1.165) is 6.92 Å². The summed E-state index contributed by atoms with van der Waals surface area (Å²) in [6, 6.07) is 0. The van der Waals surface area contributed by atoms with Crippen LogP contribution in [0.25, 0.3) is 0 Å². The molecular weight excluding hydrogens is 392 g/mol. The van der Waals surface area contributed by atoms with E-state index >= 15 is 0 Å². The van der Waals surface area contributed by atoms with Crippen molar-refractivity contribution in [3.8, 4) is 0 Å². The summed E-state index contributed by atoms with van der Waals surface area (Å²) < 4.78 is 16.5. The Morgan fingerprint density at radius 1 is 1.37 bits per heavy atom. The maximum Gasteiger partial charge on any atom is 0.334 e. The van der Waals surface area contributed by atoms with Crippen LogP contribution >= 0.6 is 0 Å². The molecule has 0 saturated carbocycles. The molecule has 2 rings (SSSR count). The zero-order chi connectivity index (χ0) is 22.8. The van der Waals surface area contributed by atoms with Crippen molar-refractivity contribution in [2.45, 2.75) is 71.4 Å². The lowest BCUT2D eigenvalue weighted by molar-refractivity contribution is -0.198. The Morgan fingerprint density at radius 3 is 2.57 bits per heavy atom. The molecule has 0 radical (unpaired) electrons. The van der Waals surface area contributed by atoms with Gasteiger partial charge in [-0.05, 0) is 31.8 Å². The van der Waals surface area contributed by atoms with Crippen LogP contribution in [0.3, 0.4) is 0 Å². The number of aliphatic hydroxyl groups is 1. The van der Waals surface area contributed by atoms with Gasteiger partial charge >= 0.3 is 17.9 Å². The average molecular weight is 422 g/mol. The third kappa shape index (κ3) is 4.80. The number of fused-ring (bicyclic) bond motifs is 1. The molecule has 1 aliphatic carbocycles. The molecule has 1 fully saturated rings. The molecule has 0 bridgehead atoms. The Kier molecular flexibility index (Phi) is 7.23. The third-order valence-electron chi connectivity index (χ3n) is 5.77. The molecule has 0 aromatic carbocycles. The molecule has 2 aliphatic rings. The second-order valence-corrected chi connectivity index (χ2v) is 8.32. The molecule has 30 heavy (non-hydrogen) atoms. The topological polar surface area (TPSA) is 116 Å². The van der Waals surface area contributed by atoms with Crippen molar-refractivity contribution >= 4 is 23.7 Å². The first-order chi connectivity index (χ1) is 13.9. The van der Waals surface area contributed by atoms with Crippen molar-refractivity contribution in [1.82, 2.24) is 0 Å². The van der Waals surface area contributed by atoms with E-state index in [4.69, 9.17) is 14.2 Å². The largest absolute Gasteiger partial charge is 0.458 e. The molecule has 0 aromatic heterocycles. The van der Waals surface area contributed by atoms with Gasteiger partial charge in [0.25, 0.3) is 0 Å². The number of allylic oxidation sites excluding steroid dienone is 1. The molecule has 8 heteroatoms. The van der Waals surface area contributed by atoms with Crippen molar-refractivity contribution in [1.29, 1.82) is 0 Å². The first-order valence-corrected chi connectivity index (χ1v) is 10.1. The van der Waals surface area contributed by atoms with Gasteiger partial charge in [0.1, 0.15) is 6.10 Å². The summed E-state index contributed by atoms with van der Waals surface area (Å²) in [5.74, 6) is -4.29. The van der Waals surface area contributed by atoms with Crippen molar-refractivity contribution in [2.75, 3.05) is 0 Å². The highest BCUT2D eigenvalue weighted by Gasteiger charge is 2.56. The lowest BCUT2D eigenvalue weighted by Gasteiger charge is -2.39. The van der Waals surface area contributed by atoms with Crippen LogP contribution in [-0.4, -0.2) is 52.7 Å². The molecule has 0 spiro atoms. The summed E-state index contributed by atoms with van der Waals surface area (Å²) >= 11 is 0. The van der Waals surface area contributed by atoms with E-state index in [0.29, 0.717) is 12.8 Å². The molecule has 0 aromatic rings.